The van der Waals surface area contributed by atoms with E-state index in [1.165, 1.54) is 19.2 Å². The highest BCUT2D eigenvalue weighted by molar-refractivity contribution is 6.04. The lowest BCUT2D eigenvalue weighted by molar-refractivity contribution is -0.134. The summed E-state index contributed by atoms with van der Waals surface area (Å²) in [6.45, 7) is 7.59. The van der Waals surface area contributed by atoms with Gasteiger partial charge in [-0.15, -0.1) is 6.42 Å². The number of nitrogens with zero attached hydrogens (tertiary/aromatic N) is 10. The molecule has 2 unspecified atom stereocenters. The zero-order valence-electron chi connectivity index (χ0n) is 44.9. The summed E-state index contributed by atoms with van der Waals surface area (Å²) in [6.07, 6.45) is 17.9. The quantitative estimate of drug-likeness (QED) is 0.114. The third kappa shape index (κ3) is 9.95. The topological polar surface area (TPSA) is 173 Å². The second-order valence-corrected chi connectivity index (χ2v) is 22.5. The molecule has 3 amide bonds. The van der Waals surface area contributed by atoms with Crippen molar-refractivity contribution in [3.05, 3.63) is 70.8 Å². The predicted molar refractivity (Wildman–Crippen MR) is 291 cm³/mol. The van der Waals surface area contributed by atoms with Crippen LogP contribution in [0.5, 0.6) is 6.01 Å². The molecule has 6 aromatic rings. The molecule has 0 radical (unpaired) electrons. The maximum absolute atomic E-state index is 16.9. The molecule has 1 N–H and O–H groups in total. The molecule has 0 aliphatic carbocycles. The Labute approximate surface area is 456 Å². The molecular weight excluding hydrogens is 1020 g/mol. The summed E-state index contributed by atoms with van der Waals surface area (Å²) in [7, 11) is 3.16. The predicted octanol–water partition coefficient (Wildman–Crippen LogP) is 8.37. The third-order valence-electron chi connectivity index (χ3n) is 17.9. The summed E-state index contributed by atoms with van der Waals surface area (Å²) in [5, 5.41) is 9.14. The first-order valence-corrected chi connectivity index (χ1v) is 28.2. The van der Waals surface area contributed by atoms with E-state index in [2.05, 4.69) is 31.1 Å². The minimum atomic E-state index is -0.589. The first-order chi connectivity index (χ1) is 38.4. The average Bonchev–Trinajstić information content (AvgIpc) is 4.05. The molecule has 6 saturated heterocycles. The normalized spacial score (nSPS) is 21.7. The molecule has 13 rings (SSSR count). The van der Waals surface area contributed by atoms with Crippen LogP contribution in [0.15, 0.2) is 36.4 Å². The van der Waals surface area contributed by atoms with E-state index in [0.717, 1.165) is 116 Å². The number of rotatable bonds is 8. The van der Waals surface area contributed by atoms with Crippen molar-refractivity contribution in [2.45, 2.75) is 107 Å². The number of halogens is 3. The van der Waals surface area contributed by atoms with Crippen LogP contribution < -0.4 is 19.9 Å². The number of pyridine rings is 2. The molecule has 79 heavy (non-hydrogen) atoms. The van der Waals surface area contributed by atoms with E-state index < -0.39 is 29.3 Å². The lowest BCUT2D eigenvalue weighted by Gasteiger charge is -2.36. The van der Waals surface area contributed by atoms with Gasteiger partial charge in [0, 0.05) is 69.1 Å². The molecule has 0 saturated carbocycles. The number of methoxy groups -OCH3 is 1. The van der Waals surface area contributed by atoms with E-state index >= 15 is 8.78 Å². The van der Waals surface area contributed by atoms with Crippen LogP contribution in [0.3, 0.4) is 0 Å². The third-order valence-corrected chi connectivity index (χ3v) is 17.9. The number of terminal acetylenes is 1. The second-order valence-electron chi connectivity index (χ2n) is 22.5. The maximum Gasteiger partial charge on any atom is 0.409 e. The number of aromatic nitrogens is 6. The smallest absolute Gasteiger partial charge is 0.409 e. The summed E-state index contributed by atoms with van der Waals surface area (Å²) < 4.78 is 65.8. The molecule has 4 aromatic heterocycles. The van der Waals surface area contributed by atoms with E-state index in [1.54, 1.807) is 28.8 Å². The van der Waals surface area contributed by atoms with Gasteiger partial charge in [-0.2, -0.15) is 15.1 Å². The number of imide groups is 1. The molecule has 2 aromatic carbocycles. The Morgan fingerprint density at radius 2 is 1.63 bits per heavy atom. The first-order valence-electron chi connectivity index (χ1n) is 28.2. The van der Waals surface area contributed by atoms with Crippen molar-refractivity contribution in [1.29, 1.82) is 0 Å². The number of ether oxygens (including phenoxy) is 3. The fourth-order valence-corrected chi connectivity index (χ4v) is 13.8. The van der Waals surface area contributed by atoms with E-state index in [0.29, 0.717) is 100 Å². The zero-order chi connectivity index (χ0) is 54.5. The standard InChI is InChI=1S/C34H33F2N5O2.C25H33FN6O4/c1-2-23-25(35)11-9-21-7-3-8-24(27(21)23)30-29(36)31-28-26(37-30)12-10-22-19-42-18-6-17-41(22)32(28)39-33(38-31)43-20-34-13-4-15-40(34)16-5-14-34;1-30-22-18(21(29-30)17-3-4-20(33)27-24(17)34)14-19(26)23(28-22)31-9-5-15(6-10-31)13-16-7-11-32(12-8-16)25(35)36-2/h1,3,7-9,11,22H,4-6,10,12-20H2;14-17H,3-13H2,1-2H3,(H,27,33,34). The van der Waals surface area contributed by atoms with Crippen molar-refractivity contribution in [2.24, 2.45) is 18.9 Å². The molecule has 0 spiro atoms. The number of likely N-dealkylation sites (tertiary alicyclic amines) is 1. The monoisotopic (exact) mass is 1080 g/mol. The average molecular weight is 1080 g/mol. The number of piperidine rings is 3. The van der Waals surface area contributed by atoms with E-state index in [4.69, 9.17) is 35.6 Å². The summed E-state index contributed by atoms with van der Waals surface area (Å²) in [6, 6.07) is 10.1. The number of amides is 3. The minimum Gasteiger partial charge on any atom is -0.461 e. The molecule has 7 aliphatic rings. The van der Waals surface area contributed by atoms with Crippen molar-refractivity contribution < 1.29 is 41.8 Å². The van der Waals surface area contributed by atoms with Crippen LogP contribution in [0.1, 0.15) is 106 Å². The van der Waals surface area contributed by atoms with Crippen molar-refractivity contribution in [1.82, 2.24) is 44.8 Å². The number of hydrogen-bond acceptors (Lipinski definition) is 14. The van der Waals surface area contributed by atoms with Crippen LogP contribution in [0.25, 0.3) is 44.0 Å². The molecule has 20 heteroatoms. The molecule has 11 heterocycles. The molecule has 2 atom stereocenters. The van der Waals surface area contributed by atoms with Gasteiger partial charge in [-0.05, 0) is 126 Å². The largest absolute Gasteiger partial charge is 0.461 e. The molecule has 0 bridgehead atoms. The van der Waals surface area contributed by atoms with Crippen LogP contribution in [0.4, 0.5) is 29.6 Å². The lowest BCUT2D eigenvalue weighted by Crippen LogP contribution is -2.43. The highest BCUT2D eigenvalue weighted by atomic mass is 19.1. The molecule has 6 fully saturated rings. The Balaban J connectivity index is 0.000000161. The highest BCUT2D eigenvalue weighted by Crippen LogP contribution is 2.43. The van der Waals surface area contributed by atoms with Gasteiger partial charge in [0.15, 0.2) is 23.1 Å². The Hall–Kier alpha value is -7.11. The van der Waals surface area contributed by atoms with Crippen molar-refractivity contribution in [3.63, 3.8) is 0 Å². The van der Waals surface area contributed by atoms with Crippen LogP contribution in [0.2, 0.25) is 0 Å². The minimum absolute atomic E-state index is 0.00280. The van der Waals surface area contributed by atoms with E-state index in [1.807, 2.05) is 17.0 Å². The molecular formula is C59H66F3N11O6. The van der Waals surface area contributed by atoms with Crippen molar-refractivity contribution in [2.75, 3.05) is 82.5 Å². The zero-order valence-corrected chi connectivity index (χ0v) is 44.9. The summed E-state index contributed by atoms with van der Waals surface area (Å²) in [5.74, 6) is 1.84. The molecule has 414 valence electrons. The second kappa shape index (κ2) is 21.8. The van der Waals surface area contributed by atoms with Crippen molar-refractivity contribution in [3.8, 4) is 29.6 Å². The van der Waals surface area contributed by atoms with Gasteiger partial charge in [-0.3, -0.25) is 24.5 Å². The number of nitrogens with one attached hydrogen (secondary N) is 1. The number of anilines is 2. The van der Waals surface area contributed by atoms with Gasteiger partial charge >= 0.3 is 12.1 Å². The van der Waals surface area contributed by atoms with Gasteiger partial charge < -0.3 is 28.9 Å². The fourth-order valence-electron chi connectivity index (χ4n) is 13.8. The first kappa shape index (κ1) is 52.6. The van der Waals surface area contributed by atoms with Gasteiger partial charge in [0.2, 0.25) is 11.8 Å². The lowest BCUT2D eigenvalue weighted by atomic mass is 9.83. The Bertz CT molecular complexity index is 3400. The van der Waals surface area contributed by atoms with E-state index in [9.17, 15) is 18.8 Å². The van der Waals surface area contributed by atoms with Crippen LogP contribution in [-0.2, 0) is 32.5 Å². The summed E-state index contributed by atoms with van der Waals surface area (Å²) in [5.41, 5.74) is 2.53. The fraction of sp³-hybridized carbons (Fsp3) is 0.525. The van der Waals surface area contributed by atoms with Crippen molar-refractivity contribution >= 4 is 62.3 Å². The van der Waals surface area contributed by atoms with Crippen LogP contribution in [0, 0.1) is 41.6 Å². The number of carbonyl (C=O) groups excluding carboxylic acids is 3. The Kier molecular flexibility index (Phi) is 14.5. The molecule has 7 aliphatic heterocycles. The summed E-state index contributed by atoms with van der Waals surface area (Å²) in [4.78, 5) is 63.4. The molecule has 17 nitrogen and oxygen atoms in total. The number of hydrogen-bond donors (Lipinski definition) is 1. The number of fused-ring (bicyclic) bond motifs is 5. The van der Waals surface area contributed by atoms with Crippen LogP contribution in [-0.4, -0.2) is 142 Å². The Morgan fingerprint density at radius 1 is 0.861 bits per heavy atom. The van der Waals surface area contributed by atoms with Gasteiger partial charge in [0.1, 0.15) is 29.5 Å². The van der Waals surface area contributed by atoms with Gasteiger partial charge in [0.25, 0.3) is 0 Å². The SMILES string of the molecule is C#Cc1c(F)ccc2cccc(-c3nc4c5c(nc(OCC67CCCN6CCC7)nc5c3F)N3CCCOCC3CC4)c12.COC(=O)N1CCC(CC2CCN(c3nc4c(cc3F)c(C3CCC(=O)NC3=O)nn4C)CC2)CC1. The van der Waals surface area contributed by atoms with Gasteiger partial charge in [-0.1, -0.05) is 30.2 Å². The van der Waals surface area contributed by atoms with Crippen LogP contribution >= 0.6 is 0 Å². The highest BCUT2D eigenvalue weighted by Gasteiger charge is 2.45. The number of carbonyl (C=O) groups is 3. The Morgan fingerprint density at radius 3 is 2.38 bits per heavy atom. The number of benzene rings is 2. The van der Waals surface area contributed by atoms with E-state index in [-0.39, 0.29) is 52.8 Å². The van der Waals surface area contributed by atoms with Gasteiger partial charge in [-0.25, -0.2) is 27.9 Å². The number of aryl methyl sites for hydroxylation is 2. The maximum atomic E-state index is 16.9. The summed E-state index contributed by atoms with van der Waals surface area (Å²) >= 11 is 0. The van der Waals surface area contributed by atoms with Gasteiger partial charge in [0.05, 0.1) is 53.6 Å².